The molecule has 3 nitrogen and oxygen atoms in total. The Labute approximate surface area is 132 Å². The highest BCUT2D eigenvalue weighted by Crippen LogP contribution is 2.55. The number of aliphatic hydroxyl groups is 1. The van der Waals surface area contributed by atoms with Crippen LogP contribution in [0.25, 0.3) is 0 Å². The second kappa shape index (κ2) is 5.82. The van der Waals surface area contributed by atoms with E-state index in [4.69, 9.17) is 4.74 Å². The highest BCUT2D eigenvalue weighted by molar-refractivity contribution is 5.36. The van der Waals surface area contributed by atoms with Gasteiger partial charge in [0.1, 0.15) is 0 Å². The number of benzene rings is 1. The summed E-state index contributed by atoms with van der Waals surface area (Å²) in [4.78, 5) is 2.10. The Morgan fingerprint density at radius 1 is 1.36 bits per heavy atom. The summed E-state index contributed by atoms with van der Waals surface area (Å²) in [6.45, 7) is 0.782. The number of fused-ring (bicyclic) bond motifs is 2. The van der Waals surface area contributed by atoms with Crippen LogP contribution in [0.4, 0.5) is 4.39 Å². The van der Waals surface area contributed by atoms with Crippen LogP contribution in [0.15, 0.2) is 18.2 Å². The number of methoxy groups -OCH3 is 1. The zero-order valence-corrected chi connectivity index (χ0v) is 13.7. The van der Waals surface area contributed by atoms with Crippen molar-refractivity contribution in [1.82, 2.24) is 4.90 Å². The van der Waals surface area contributed by atoms with Crippen LogP contribution in [0.2, 0.25) is 0 Å². The zero-order valence-electron chi connectivity index (χ0n) is 13.7. The average molecular weight is 307 g/mol. The summed E-state index contributed by atoms with van der Waals surface area (Å²) in [5, 5.41) is 11.5. The molecule has 2 fully saturated rings. The van der Waals surface area contributed by atoms with E-state index in [1.165, 1.54) is 13.5 Å². The van der Waals surface area contributed by atoms with Crippen LogP contribution in [0.3, 0.4) is 0 Å². The number of ether oxygens (including phenoxy) is 1. The molecule has 2 aliphatic rings. The molecule has 3 rings (SSSR count). The highest BCUT2D eigenvalue weighted by atomic mass is 19.1. The van der Waals surface area contributed by atoms with Crippen molar-refractivity contribution in [3.05, 3.63) is 29.6 Å². The number of rotatable bonds is 4. The first-order valence-electron chi connectivity index (χ1n) is 8.15. The normalized spacial score (nSPS) is 34.2. The van der Waals surface area contributed by atoms with Crippen LogP contribution in [0.1, 0.15) is 31.2 Å². The van der Waals surface area contributed by atoms with Crippen molar-refractivity contribution in [2.24, 2.45) is 17.8 Å². The van der Waals surface area contributed by atoms with Crippen LogP contribution in [0.5, 0.6) is 5.75 Å². The van der Waals surface area contributed by atoms with Crippen LogP contribution in [-0.2, 0) is 5.60 Å². The number of halogens is 1. The van der Waals surface area contributed by atoms with E-state index in [2.05, 4.69) is 4.90 Å². The van der Waals surface area contributed by atoms with Gasteiger partial charge in [0.2, 0.25) is 0 Å². The molecular weight excluding hydrogens is 281 g/mol. The molecular formula is C18H26FNO2. The Hall–Kier alpha value is -1.13. The summed E-state index contributed by atoms with van der Waals surface area (Å²) in [5.41, 5.74) is -0.678. The Morgan fingerprint density at radius 2 is 2.14 bits per heavy atom. The van der Waals surface area contributed by atoms with Gasteiger partial charge in [0.05, 0.1) is 12.7 Å². The summed E-state index contributed by atoms with van der Waals surface area (Å²) in [7, 11) is 5.50. The molecule has 4 heteroatoms. The molecule has 1 N–H and O–H groups in total. The molecule has 1 aromatic rings. The van der Waals surface area contributed by atoms with E-state index in [1.54, 1.807) is 18.2 Å². The molecule has 122 valence electrons. The Morgan fingerprint density at radius 3 is 2.82 bits per heavy atom. The third kappa shape index (κ3) is 2.52. The molecule has 0 spiro atoms. The highest BCUT2D eigenvalue weighted by Gasteiger charge is 2.52. The average Bonchev–Trinajstić information content (AvgIpc) is 2.87. The topological polar surface area (TPSA) is 32.7 Å². The first-order valence-corrected chi connectivity index (χ1v) is 8.15. The minimum absolute atomic E-state index is 0.0721. The zero-order chi connectivity index (χ0) is 15.9. The lowest BCUT2D eigenvalue weighted by Crippen LogP contribution is -2.48. The van der Waals surface area contributed by atoms with Gasteiger partial charge in [-0.15, -0.1) is 0 Å². The first-order chi connectivity index (χ1) is 10.5. The van der Waals surface area contributed by atoms with Crippen molar-refractivity contribution in [3.8, 4) is 5.75 Å². The van der Waals surface area contributed by atoms with Gasteiger partial charge in [0, 0.05) is 18.0 Å². The monoisotopic (exact) mass is 307 g/mol. The summed E-state index contributed by atoms with van der Waals surface area (Å²) in [6, 6.07) is 5.12. The van der Waals surface area contributed by atoms with Gasteiger partial charge in [-0.05, 0) is 51.3 Å². The van der Waals surface area contributed by atoms with E-state index >= 15 is 0 Å². The van der Waals surface area contributed by atoms with Crippen molar-refractivity contribution < 1.29 is 14.2 Å². The lowest BCUT2D eigenvalue weighted by Gasteiger charge is -2.45. The maximum absolute atomic E-state index is 14.8. The van der Waals surface area contributed by atoms with Gasteiger partial charge in [-0.25, -0.2) is 4.39 Å². The molecule has 22 heavy (non-hydrogen) atoms. The largest absolute Gasteiger partial charge is 0.494 e. The quantitative estimate of drug-likeness (QED) is 0.928. The molecule has 0 aliphatic heterocycles. The Bertz CT molecular complexity index is 548. The predicted molar refractivity (Wildman–Crippen MR) is 84.3 cm³/mol. The van der Waals surface area contributed by atoms with Crippen molar-refractivity contribution in [2.75, 3.05) is 27.7 Å². The predicted octanol–water partition coefficient (Wildman–Crippen LogP) is 3.02. The smallest absolute Gasteiger partial charge is 0.171 e. The summed E-state index contributed by atoms with van der Waals surface area (Å²) in [6.07, 6.45) is 4.14. The van der Waals surface area contributed by atoms with E-state index in [0.717, 1.165) is 19.4 Å². The molecule has 2 saturated carbocycles. The minimum Gasteiger partial charge on any atom is -0.494 e. The molecule has 0 saturated heterocycles. The maximum Gasteiger partial charge on any atom is 0.171 e. The van der Waals surface area contributed by atoms with Crippen molar-refractivity contribution in [3.63, 3.8) is 0 Å². The second-order valence-corrected chi connectivity index (χ2v) is 7.26. The molecule has 2 bridgehead atoms. The Balaban J connectivity index is 2.04. The third-order valence-electron chi connectivity index (χ3n) is 5.58. The SMILES string of the molecule is COc1cccc([C@@]2(O)C[C@H]3CC[C@H](C3)[C@@H]2CN(C)C)c1F. The molecule has 1 aromatic carbocycles. The van der Waals surface area contributed by atoms with Gasteiger partial charge in [-0.2, -0.15) is 0 Å². The lowest BCUT2D eigenvalue weighted by molar-refractivity contribution is -0.0914. The van der Waals surface area contributed by atoms with E-state index in [9.17, 15) is 9.50 Å². The van der Waals surface area contributed by atoms with Gasteiger partial charge in [-0.3, -0.25) is 0 Å². The van der Waals surface area contributed by atoms with Crippen LogP contribution in [0, 0.1) is 23.6 Å². The van der Waals surface area contributed by atoms with Gasteiger partial charge < -0.3 is 14.7 Å². The first kappa shape index (κ1) is 15.8. The van der Waals surface area contributed by atoms with E-state index < -0.39 is 11.4 Å². The van der Waals surface area contributed by atoms with Gasteiger partial charge in [-0.1, -0.05) is 18.6 Å². The minimum atomic E-state index is -1.09. The maximum atomic E-state index is 14.8. The number of nitrogens with zero attached hydrogens (tertiary/aromatic N) is 1. The summed E-state index contributed by atoms with van der Waals surface area (Å²) < 4.78 is 19.9. The van der Waals surface area contributed by atoms with Crippen molar-refractivity contribution >= 4 is 0 Å². The van der Waals surface area contributed by atoms with Crippen LogP contribution < -0.4 is 4.74 Å². The van der Waals surface area contributed by atoms with Crippen LogP contribution in [-0.4, -0.2) is 37.8 Å². The van der Waals surface area contributed by atoms with Gasteiger partial charge in [0.25, 0.3) is 0 Å². The Kier molecular flexibility index (Phi) is 4.17. The molecule has 0 radical (unpaired) electrons. The number of hydrogen-bond donors (Lipinski definition) is 1. The molecule has 0 aromatic heterocycles. The summed E-state index contributed by atoms with van der Waals surface area (Å²) >= 11 is 0. The summed E-state index contributed by atoms with van der Waals surface area (Å²) in [5.74, 6) is 0.878. The molecule has 0 unspecified atom stereocenters. The second-order valence-electron chi connectivity index (χ2n) is 7.26. The fourth-order valence-corrected chi connectivity index (χ4v) is 4.65. The van der Waals surface area contributed by atoms with E-state index in [1.807, 2.05) is 14.1 Å². The van der Waals surface area contributed by atoms with Crippen LogP contribution >= 0.6 is 0 Å². The van der Waals surface area contributed by atoms with Crippen molar-refractivity contribution in [2.45, 2.75) is 31.3 Å². The molecule has 0 amide bonds. The van der Waals surface area contributed by atoms with E-state index in [-0.39, 0.29) is 11.7 Å². The molecule has 2 aliphatic carbocycles. The number of hydrogen-bond acceptors (Lipinski definition) is 3. The standard InChI is InChI=1S/C18H26FNO2/c1-20(2)11-15-13-8-7-12(9-13)10-18(15,21)14-5-4-6-16(22-3)17(14)19/h4-6,12-13,15,21H,7-11H2,1-3H3/t12-,13+,15-,18-/m0/s1. The fraction of sp³-hybridized carbons (Fsp3) is 0.667. The molecule has 0 heterocycles. The van der Waals surface area contributed by atoms with Crippen molar-refractivity contribution in [1.29, 1.82) is 0 Å². The third-order valence-corrected chi connectivity index (χ3v) is 5.58. The van der Waals surface area contributed by atoms with E-state index in [0.29, 0.717) is 23.8 Å². The van der Waals surface area contributed by atoms with Gasteiger partial charge in [0.15, 0.2) is 11.6 Å². The lowest BCUT2D eigenvalue weighted by atomic mass is 9.65. The fourth-order valence-electron chi connectivity index (χ4n) is 4.65. The van der Waals surface area contributed by atoms with Gasteiger partial charge >= 0.3 is 0 Å². The molecule has 4 atom stereocenters.